The molecule has 0 saturated carbocycles. The van der Waals surface area contributed by atoms with Gasteiger partial charge < -0.3 is 11.5 Å². The molecule has 0 aromatic carbocycles. The van der Waals surface area contributed by atoms with Crippen LogP contribution in [0.25, 0.3) is 0 Å². The van der Waals surface area contributed by atoms with Crippen LogP contribution < -0.4 is 11.5 Å². The van der Waals surface area contributed by atoms with E-state index in [0.717, 1.165) is 0 Å². The van der Waals surface area contributed by atoms with Gasteiger partial charge in [0, 0.05) is 12.4 Å². The fourth-order valence-electron chi connectivity index (χ4n) is 0.556. The molecule has 7 heteroatoms. The summed E-state index contributed by atoms with van der Waals surface area (Å²) in [5.41, 5.74) is 9.61. The second-order valence-electron chi connectivity index (χ2n) is 2.27. The summed E-state index contributed by atoms with van der Waals surface area (Å²) in [7, 11) is 0. The highest BCUT2D eigenvalue weighted by Gasteiger charge is 2.05. The molecule has 0 radical (unpaired) electrons. The molecule has 80 valence electrons. The zero-order valence-electron chi connectivity index (χ0n) is 7.92. The summed E-state index contributed by atoms with van der Waals surface area (Å²) in [4.78, 5) is 14.2. The molecule has 7 nitrogen and oxygen atoms in total. The van der Waals surface area contributed by atoms with Crippen molar-refractivity contribution in [1.29, 1.82) is 10.8 Å². The second-order valence-corrected chi connectivity index (χ2v) is 2.27. The molecular formula is C8H12N6O. The van der Waals surface area contributed by atoms with Gasteiger partial charge in [0.1, 0.15) is 0 Å². The van der Waals surface area contributed by atoms with Crippen molar-refractivity contribution in [3.63, 3.8) is 0 Å². The molecule has 15 heavy (non-hydrogen) atoms. The number of aromatic nitrogens is 1. The smallest absolute Gasteiger partial charge is 0.223 e. The Hall–Kier alpha value is -2.44. The van der Waals surface area contributed by atoms with E-state index in [-0.39, 0.29) is 6.41 Å². The molecule has 0 spiro atoms. The lowest BCUT2D eigenvalue weighted by molar-refractivity contribution is -0.112. The lowest BCUT2D eigenvalue weighted by atomic mass is 10.5. The van der Waals surface area contributed by atoms with Gasteiger partial charge in [0.2, 0.25) is 18.3 Å². The van der Waals surface area contributed by atoms with Crippen molar-refractivity contribution in [2.75, 3.05) is 0 Å². The molecule has 1 rings (SSSR count). The fraction of sp³-hybridized carbons (Fsp3) is 0. The molecule has 0 unspecified atom stereocenters. The zero-order valence-corrected chi connectivity index (χ0v) is 7.92. The predicted molar refractivity (Wildman–Crippen MR) is 56.0 cm³/mol. The molecule has 0 aliphatic carbocycles. The number of hydrogen-bond acceptors (Lipinski definition) is 4. The van der Waals surface area contributed by atoms with Crippen molar-refractivity contribution in [3.05, 3.63) is 30.6 Å². The zero-order chi connectivity index (χ0) is 11.7. The molecular weight excluding hydrogens is 196 g/mol. The van der Waals surface area contributed by atoms with Gasteiger partial charge in [-0.15, -0.1) is 0 Å². The quantitative estimate of drug-likeness (QED) is 0.276. The third-order valence-electron chi connectivity index (χ3n) is 1.19. The van der Waals surface area contributed by atoms with Crippen LogP contribution in [0.3, 0.4) is 0 Å². The van der Waals surface area contributed by atoms with Crippen molar-refractivity contribution < 1.29 is 4.79 Å². The molecule has 0 atom stereocenters. The van der Waals surface area contributed by atoms with Gasteiger partial charge in [-0.05, 0) is 12.1 Å². The summed E-state index contributed by atoms with van der Waals surface area (Å²) in [6.45, 7) is 0. The van der Waals surface area contributed by atoms with Gasteiger partial charge in [0.15, 0.2) is 0 Å². The van der Waals surface area contributed by atoms with Gasteiger partial charge in [0.25, 0.3) is 0 Å². The highest BCUT2D eigenvalue weighted by molar-refractivity contribution is 6.03. The average Bonchev–Trinajstić information content (AvgIpc) is 2.21. The number of hydrogen-bond donors (Lipinski definition) is 4. The first-order valence-corrected chi connectivity index (χ1v) is 3.87. The molecule has 0 aliphatic rings. The SMILES string of the molecule is N=C(N)N(C=O)C(=N)N.c1ccncc1. The maximum absolute atomic E-state index is 9.87. The first kappa shape index (κ1) is 12.6. The Morgan fingerprint density at radius 3 is 1.67 bits per heavy atom. The van der Waals surface area contributed by atoms with Crippen LogP contribution in [0, 0.1) is 10.8 Å². The van der Waals surface area contributed by atoms with Gasteiger partial charge in [-0.3, -0.25) is 20.6 Å². The van der Waals surface area contributed by atoms with Crippen molar-refractivity contribution in [1.82, 2.24) is 9.88 Å². The summed E-state index contributed by atoms with van der Waals surface area (Å²) in [6, 6.07) is 5.72. The van der Waals surface area contributed by atoms with Crippen molar-refractivity contribution in [2.24, 2.45) is 11.5 Å². The normalized spacial score (nSPS) is 8.00. The van der Waals surface area contributed by atoms with Crippen LogP contribution in [0.5, 0.6) is 0 Å². The van der Waals surface area contributed by atoms with E-state index >= 15 is 0 Å². The lowest BCUT2D eigenvalue weighted by Crippen LogP contribution is -2.43. The Kier molecular flexibility index (Phi) is 5.87. The minimum Gasteiger partial charge on any atom is -0.369 e. The highest BCUT2D eigenvalue weighted by Crippen LogP contribution is 1.74. The third-order valence-corrected chi connectivity index (χ3v) is 1.19. The number of amides is 1. The number of nitrogens with zero attached hydrogens (tertiary/aromatic N) is 2. The van der Waals surface area contributed by atoms with E-state index in [2.05, 4.69) is 4.98 Å². The van der Waals surface area contributed by atoms with Crippen LogP contribution in [0.1, 0.15) is 0 Å². The van der Waals surface area contributed by atoms with E-state index in [1.165, 1.54) is 0 Å². The number of nitrogens with one attached hydrogen (secondary N) is 2. The molecule has 0 aliphatic heterocycles. The summed E-state index contributed by atoms with van der Waals surface area (Å²) < 4.78 is 0. The Labute approximate surface area is 86.7 Å². The largest absolute Gasteiger partial charge is 0.369 e. The van der Waals surface area contributed by atoms with E-state index in [0.29, 0.717) is 4.90 Å². The molecule has 1 heterocycles. The van der Waals surface area contributed by atoms with Gasteiger partial charge >= 0.3 is 0 Å². The number of nitrogens with two attached hydrogens (primary N) is 2. The minimum absolute atomic E-state index is 0.199. The van der Waals surface area contributed by atoms with Crippen molar-refractivity contribution >= 4 is 18.3 Å². The second kappa shape index (κ2) is 7.01. The topological polar surface area (TPSA) is 133 Å². The van der Waals surface area contributed by atoms with Crippen LogP contribution >= 0.6 is 0 Å². The maximum atomic E-state index is 9.87. The average molecular weight is 208 g/mol. The molecule has 1 amide bonds. The number of carbonyl (C=O) groups is 1. The van der Waals surface area contributed by atoms with Crippen LogP contribution in [0.2, 0.25) is 0 Å². The molecule has 1 aromatic heterocycles. The van der Waals surface area contributed by atoms with Crippen LogP contribution in [0.4, 0.5) is 0 Å². The standard InChI is InChI=1S/C5H5N.C3H7N5O/c1-2-4-6-5-3-1;4-2(5)8(1-9)3(6)7/h1-5H;1H,(H3,4,5)(H3,6,7). The molecule has 1 aromatic rings. The summed E-state index contributed by atoms with van der Waals surface area (Å²) >= 11 is 0. The van der Waals surface area contributed by atoms with E-state index in [4.69, 9.17) is 22.3 Å². The van der Waals surface area contributed by atoms with E-state index in [9.17, 15) is 4.79 Å². The summed E-state index contributed by atoms with van der Waals surface area (Å²) in [5, 5.41) is 13.3. The Morgan fingerprint density at radius 2 is 1.60 bits per heavy atom. The highest BCUT2D eigenvalue weighted by atomic mass is 16.1. The Morgan fingerprint density at radius 1 is 1.13 bits per heavy atom. The molecule has 0 bridgehead atoms. The first-order valence-electron chi connectivity index (χ1n) is 3.87. The Bertz CT molecular complexity index is 284. The summed E-state index contributed by atoms with van der Waals surface area (Å²) in [6.07, 6.45) is 3.70. The van der Waals surface area contributed by atoms with Gasteiger partial charge in [-0.25, -0.2) is 4.90 Å². The molecule has 6 N–H and O–H groups in total. The van der Waals surface area contributed by atoms with Crippen molar-refractivity contribution in [3.8, 4) is 0 Å². The van der Waals surface area contributed by atoms with Crippen LogP contribution in [-0.4, -0.2) is 28.2 Å². The number of pyridine rings is 1. The first-order chi connectivity index (χ1) is 7.09. The lowest BCUT2D eigenvalue weighted by Gasteiger charge is -2.09. The number of rotatable bonds is 1. The van der Waals surface area contributed by atoms with Crippen molar-refractivity contribution in [2.45, 2.75) is 0 Å². The third kappa shape index (κ3) is 5.75. The monoisotopic (exact) mass is 208 g/mol. The van der Waals surface area contributed by atoms with Gasteiger partial charge in [-0.1, -0.05) is 6.07 Å². The van der Waals surface area contributed by atoms with E-state index in [1.807, 2.05) is 18.2 Å². The van der Waals surface area contributed by atoms with Crippen LogP contribution in [0.15, 0.2) is 30.6 Å². The molecule has 0 fully saturated rings. The van der Waals surface area contributed by atoms with E-state index < -0.39 is 11.9 Å². The predicted octanol–water partition coefficient (Wildman–Crippen LogP) is -0.687. The maximum Gasteiger partial charge on any atom is 0.223 e. The summed E-state index contributed by atoms with van der Waals surface area (Å²) in [5.74, 6) is -1.12. The van der Waals surface area contributed by atoms with Crippen LogP contribution in [-0.2, 0) is 4.79 Å². The Balaban J connectivity index is 0.000000280. The van der Waals surface area contributed by atoms with E-state index in [1.54, 1.807) is 12.4 Å². The van der Waals surface area contributed by atoms with Gasteiger partial charge in [-0.2, -0.15) is 0 Å². The number of carbonyl (C=O) groups excluding carboxylic acids is 1. The molecule has 0 saturated heterocycles. The minimum atomic E-state index is -0.558. The van der Waals surface area contributed by atoms with Gasteiger partial charge in [0.05, 0.1) is 0 Å². The fourth-order valence-corrected chi connectivity index (χ4v) is 0.556. The number of guanidine groups is 2.